The third kappa shape index (κ3) is 4.16. The Labute approximate surface area is 185 Å². The SMILES string of the molecule is Cc1cc(C)c(C(=O)[P+](=O)c2ccccc2C(=O)c2c(C)cc(C)c(C)c2C)c(C)c1. The van der Waals surface area contributed by atoms with E-state index in [2.05, 4.69) is 0 Å². The first kappa shape index (κ1) is 22.8. The monoisotopic (exact) mass is 431 g/mol. The van der Waals surface area contributed by atoms with Gasteiger partial charge in [-0.3, -0.25) is 4.79 Å². The largest absolute Gasteiger partial charge is 0.459 e. The summed E-state index contributed by atoms with van der Waals surface area (Å²) in [7, 11) is -2.44. The summed E-state index contributed by atoms with van der Waals surface area (Å²) in [6.45, 7) is 13.6. The van der Waals surface area contributed by atoms with Gasteiger partial charge in [0.05, 0.1) is 11.1 Å². The molecule has 158 valence electrons. The van der Waals surface area contributed by atoms with Crippen LogP contribution in [0.2, 0.25) is 0 Å². The van der Waals surface area contributed by atoms with Crippen LogP contribution in [0.4, 0.5) is 0 Å². The molecule has 0 heterocycles. The molecule has 0 aliphatic rings. The van der Waals surface area contributed by atoms with E-state index < -0.39 is 13.3 Å². The number of rotatable bonds is 5. The van der Waals surface area contributed by atoms with Crippen molar-refractivity contribution in [3.05, 3.63) is 98.1 Å². The van der Waals surface area contributed by atoms with Crippen molar-refractivity contribution in [3.8, 4) is 0 Å². The van der Waals surface area contributed by atoms with Crippen molar-refractivity contribution in [3.63, 3.8) is 0 Å². The van der Waals surface area contributed by atoms with E-state index in [1.54, 1.807) is 24.3 Å². The number of hydrogen-bond acceptors (Lipinski definition) is 3. The van der Waals surface area contributed by atoms with Crippen molar-refractivity contribution in [2.75, 3.05) is 0 Å². The summed E-state index contributed by atoms with van der Waals surface area (Å²) < 4.78 is 13.4. The predicted molar refractivity (Wildman–Crippen MR) is 127 cm³/mol. The molecular formula is C27H28O3P+. The number of aryl methyl sites for hydroxylation is 5. The van der Waals surface area contributed by atoms with Gasteiger partial charge in [0.15, 0.2) is 5.78 Å². The van der Waals surface area contributed by atoms with Crippen LogP contribution in [0.3, 0.4) is 0 Å². The number of ketones is 1. The van der Waals surface area contributed by atoms with Gasteiger partial charge >= 0.3 is 13.3 Å². The highest BCUT2D eigenvalue weighted by molar-refractivity contribution is 7.71. The number of hydrogen-bond donors (Lipinski definition) is 0. The van der Waals surface area contributed by atoms with Crippen LogP contribution in [0.5, 0.6) is 0 Å². The molecule has 0 N–H and O–H groups in total. The molecule has 3 rings (SSSR count). The highest BCUT2D eigenvalue weighted by Crippen LogP contribution is 2.33. The van der Waals surface area contributed by atoms with Gasteiger partial charge in [-0.15, -0.1) is 0 Å². The van der Waals surface area contributed by atoms with Crippen LogP contribution < -0.4 is 5.30 Å². The highest BCUT2D eigenvalue weighted by Gasteiger charge is 2.38. The fraction of sp³-hybridized carbons (Fsp3) is 0.259. The second-order valence-electron chi connectivity index (χ2n) is 8.35. The molecule has 0 fully saturated rings. The molecule has 4 heteroatoms. The zero-order valence-corrected chi connectivity index (χ0v) is 20.1. The highest BCUT2D eigenvalue weighted by atomic mass is 31.1. The summed E-state index contributed by atoms with van der Waals surface area (Å²) in [5.41, 5.74) is 7.65. The number of carbonyl (C=O) groups is 2. The lowest BCUT2D eigenvalue weighted by atomic mass is 9.89. The van der Waals surface area contributed by atoms with E-state index in [-0.39, 0.29) is 5.78 Å². The van der Waals surface area contributed by atoms with Gasteiger partial charge in [-0.25, -0.2) is 4.79 Å². The maximum absolute atomic E-state index is 13.6. The normalized spacial score (nSPS) is 11.4. The van der Waals surface area contributed by atoms with Crippen molar-refractivity contribution < 1.29 is 14.2 Å². The molecular weight excluding hydrogens is 403 g/mol. The third-order valence-electron chi connectivity index (χ3n) is 6.03. The van der Waals surface area contributed by atoms with Crippen LogP contribution in [0.15, 0.2) is 42.5 Å². The lowest BCUT2D eigenvalue weighted by molar-refractivity contribution is 0.103. The quantitative estimate of drug-likeness (QED) is 0.348. The summed E-state index contributed by atoms with van der Waals surface area (Å²) in [6.07, 6.45) is 0. The average Bonchev–Trinajstić information content (AvgIpc) is 2.70. The Morgan fingerprint density at radius 3 is 1.84 bits per heavy atom. The Balaban J connectivity index is 2.12. The van der Waals surface area contributed by atoms with Crippen molar-refractivity contribution in [1.82, 2.24) is 0 Å². The first-order valence-electron chi connectivity index (χ1n) is 10.3. The Kier molecular flexibility index (Phi) is 6.38. The summed E-state index contributed by atoms with van der Waals surface area (Å²) in [5, 5.41) is 0.295. The lowest BCUT2D eigenvalue weighted by Crippen LogP contribution is -2.18. The van der Waals surface area contributed by atoms with Gasteiger partial charge in [0.25, 0.3) is 0 Å². The van der Waals surface area contributed by atoms with Gasteiger partial charge in [-0.1, -0.05) is 40.5 Å². The van der Waals surface area contributed by atoms with Crippen molar-refractivity contribution in [1.29, 1.82) is 0 Å². The summed E-state index contributed by atoms with van der Waals surface area (Å²) >= 11 is 0. The van der Waals surface area contributed by atoms with Gasteiger partial charge in [0.2, 0.25) is 5.30 Å². The molecule has 3 aromatic carbocycles. The van der Waals surface area contributed by atoms with Gasteiger partial charge in [-0.2, -0.15) is 0 Å². The van der Waals surface area contributed by atoms with E-state index in [0.29, 0.717) is 22.0 Å². The van der Waals surface area contributed by atoms with E-state index in [1.165, 1.54) is 0 Å². The molecule has 3 nitrogen and oxygen atoms in total. The minimum absolute atomic E-state index is 0.192. The fourth-order valence-electron chi connectivity index (χ4n) is 4.34. The van der Waals surface area contributed by atoms with E-state index in [4.69, 9.17) is 0 Å². The topological polar surface area (TPSA) is 51.2 Å². The van der Waals surface area contributed by atoms with Crippen LogP contribution in [0.25, 0.3) is 0 Å². The first-order valence-corrected chi connectivity index (χ1v) is 11.6. The fourth-order valence-corrected chi connectivity index (χ4v) is 5.73. The molecule has 0 saturated carbocycles. The van der Waals surface area contributed by atoms with E-state index in [1.807, 2.05) is 66.7 Å². The van der Waals surface area contributed by atoms with Crippen LogP contribution in [-0.4, -0.2) is 11.3 Å². The van der Waals surface area contributed by atoms with E-state index in [0.717, 1.165) is 38.9 Å². The standard InChI is InChI=1S/C27H28O3P/c1-15-12-17(3)24(18(4)13-15)27(29)31(30)23-11-9-8-10-22(23)26(28)25-19(5)14-16(2)20(6)21(25)7/h8-14H,1-7H3/q+1. The van der Waals surface area contributed by atoms with Crippen molar-refractivity contribution >= 4 is 24.4 Å². The van der Waals surface area contributed by atoms with Crippen molar-refractivity contribution in [2.24, 2.45) is 0 Å². The molecule has 3 aromatic rings. The second kappa shape index (κ2) is 8.69. The van der Waals surface area contributed by atoms with Crippen LogP contribution >= 0.6 is 7.80 Å². The lowest BCUT2D eigenvalue weighted by Gasteiger charge is -2.14. The molecule has 0 aliphatic heterocycles. The smallest absolute Gasteiger partial charge is 0.288 e. The predicted octanol–water partition coefficient (Wildman–Crippen LogP) is 6.37. The first-order chi connectivity index (χ1) is 14.5. The Morgan fingerprint density at radius 2 is 1.23 bits per heavy atom. The zero-order chi connectivity index (χ0) is 23.0. The van der Waals surface area contributed by atoms with Crippen molar-refractivity contribution in [2.45, 2.75) is 48.5 Å². The molecule has 0 aromatic heterocycles. The van der Waals surface area contributed by atoms with Crippen LogP contribution in [0, 0.1) is 48.5 Å². The number of benzene rings is 3. The van der Waals surface area contributed by atoms with Crippen LogP contribution in [-0.2, 0) is 4.57 Å². The van der Waals surface area contributed by atoms with E-state index in [9.17, 15) is 14.2 Å². The van der Waals surface area contributed by atoms with Gasteiger partial charge in [0, 0.05) is 5.56 Å². The average molecular weight is 431 g/mol. The van der Waals surface area contributed by atoms with Gasteiger partial charge in [0.1, 0.15) is 0 Å². The molecule has 0 saturated heterocycles. The molecule has 0 aliphatic carbocycles. The molecule has 0 amide bonds. The Hall–Kier alpha value is -2.90. The summed E-state index contributed by atoms with van der Waals surface area (Å²) in [4.78, 5) is 26.8. The molecule has 0 spiro atoms. The Morgan fingerprint density at radius 1 is 0.677 bits per heavy atom. The molecule has 1 unspecified atom stereocenters. The van der Waals surface area contributed by atoms with Gasteiger partial charge in [-0.05, 0) is 94.0 Å². The maximum Gasteiger partial charge on any atom is 0.459 e. The molecule has 0 bridgehead atoms. The molecule has 1 atom stereocenters. The van der Waals surface area contributed by atoms with Crippen LogP contribution in [0.1, 0.15) is 65.2 Å². The summed E-state index contributed by atoms with van der Waals surface area (Å²) in [6, 6.07) is 12.6. The molecule has 0 radical (unpaired) electrons. The maximum atomic E-state index is 13.6. The Bertz CT molecular complexity index is 1230. The minimum atomic E-state index is -2.44. The zero-order valence-electron chi connectivity index (χ0n) is 19.2. The van der Waals surface area contributed by atoms with E-state index >= 15 is 0 Å². The third-order valence-corrected chi connectivity index (χ3v) is 7.45. The minimum Gasteiger partial charge on any atom is -0.288 e. The molecule has 31 heavy (non-hydrogen) atoms. The van der Waals surface area contributed by atoms with Gasteiger partial charge < -0.3 is 0 Å². The number of carbonyl (C=O) groups excluding carboxylic acids is 2. The second-order valence-corrected chi connectivity index (χ2v) is 9.83. The summed E-state index contributed by atoms with van der Waals surface area (Å²) in [5.74, 6) is -0.192.